The number of benzene rings is 2. The molecule has 1 fully saturated rings. The van der Waals surface area contributed by atoms with E-state index in [4.69, 9.17) is 9.47 Å². The van der Waals surface area contributed by atoms with Crippen molar-refractivity contribution in [2.45, 2.75) is 25.5 Å². The minimum atomic E-state index is -0.474. The highest BCUT2D eigenvalue weighted by Crippen LogP contribution is 2.31. The van der Waals surface area contributed by atoms with E-state index >= 15 is 0 Å². The second-order valence-electron chi connectivity index (χ2n) is 7.03. The van der Waals surface area contributed by atoms with Crippen LogP contribution >= 0.6 is 0 Å². The maximum atomic E-state index is 12.5. The second-order valence-corrected chi connectivity index (χ2v) is 7.03. The van der Waals surface area contributed by atoms with Gasteiger partial charge in [-0.15, -0.1) is 0 Å². The van der Waals surface area contributed by atoms with Crippen LogP contribution in [0.4, 0.5) is 4.79 Å². The van der Waals surface area contributed by atoms with E-state index in [2.05, 4.69) is 5.32 Å². The zero-order chi connectivity index (χ0) is 19.9. The van der Waals surface area contributed by atoms with Crippen molar-refractivity contribution in [1.82, 2.24) is 10.2 Å². The van der Waals surface area contributed by atoms with Gasteiger partial charge < -0.3 is 24.8 Å². The van der Waals surface area contributed by atoms with E-state index in [1.54, 1.807) is 14.2 Å². The number of urea groups is 1. The molecular formula is C22H28N2O4. The number of rotatable bonds is 6. The third-order valence-corrected chi connectivity index (χ3v) is 5.31. The van der Waals surface area contributed by atoms with Crippen molar-refractivity contribution in [3.8, 4) is 11.5 Å². The predicted octanol–water partition coefficient (Wildman–Crippen LogP) is 3.36. The smallest absolute Gasteiger partial charge is 0.317 e. The molecule has 0 aliphatic carbocycles. The molecule has 1 saturated heterocycles. The van der Waals surface area contributed by atoms with Gasteiger partial charge in [-0.05, 0) is 42.0 Å². The molecule has 6 heteroatoms. The molecule has 3 rings (SSSR count). The molecule has 6 nitrogen and oxygen atoms in total. The number of piperidine rings is 1. The highest BCUT2D eigenvalue weighted by atomic mass is 16.5. The molecule has 2 amide bonds. The summed E-state index contributed by atoms with van der Waals surface area (Å²) in [4.78, 5) is 14.3. The standard InChI is InChI=1S/C22H28N2O4/c1-27-19-9-8-16(14-20(19)28-2)15-23-22(26)24-12-10-18(11-13-24)21(25)17-6-4-3-5-7-17/h3-9,14,18,21,25H,10-13,15H2,1-2H3,(H,23,26). The van der Waals surface area contributed by atoms with Crippen molar-refractivity contribution >= 4 is 6.03 Å². The van der Waals surface area contributed by atoms with Crippen LogP contribution in [0.2, 0.25) is 0 Å². The molecule has 2 aromatic carbocycles. The Labute approximate surface area is 166 Å². The number of likely N-dealkylation sites (tertiary alicyclic amines) is 1. The van der Waals surface area contributed by atoms with Crippen LogP contribution in [0.1, 0.15) is 30.1 Å². The van der Waals surface area contributed by atoms with Gasteiger partial charge in [-0.2, -0.15) is 0 Å². The number of carbonyl (C=O) groups is 1. The average molecular weight is 384 g/mol. The lowest BCUT2D eigenvalue weighted by Gasteiger charge is -2.34. The first kappa shape index (κ1) is 20.0. The Morgan fingerprint density at radius 1 is 1.11 bits per heavy atom. The molecule has 1 heterocycles. The van der Waals surface area contributed by atoms with Crippen LogP contribution in [0.5, 0.6) is 11.5 Å². The van der Waals surface area contributed by atoms with Crippen molar-refractivity contribution < 1.29 is 19.4 Å². The summed E-state index contributed by atoms with van der Waals surface area (Å²) in [7, 11) is 3.19. The summed E-state index contributed by atoms with van der Waals surface area (Å²) in [6.45, 7) is 1.71. The lowest BCUT2D eigenvalue weighted by molar-refractivity contribution is 0.0665. The fourth-order valence-corrected chi connectivity index (χ4v) is 3.62. The summed E-state index contributed by atoms with van der Waals surface area (Å²) >= 11 is 0. The molecule has 0 aromatic heterocycles. The Morgan fingerprint density at radius 2 is 1.79 bits per heavy atom. The monoisotopic (exact) mass is 384 g/mol. The summed E-state index contributed by atoms with van der Waals surface area (Å²) in [6.07, 6.45) is 1.11. The minimum Gasteiger partial charge on any atom is -0.493 e. The molecule has 1 aliphatic rings. The molecule has 28 heavy (non-hydrogen) atoms. The van der Waals surface area contributed by atoms with Crippen LogP contribution in [0.15, 0.2) is 48.5 Å². The van der Waals surface area contributed by atoms with Gasteiger partial charge in [0.2, 0.25) is 0 Å². The molecule has 1 aliphatic heterocycles. The minimum absolute atomic E-state index is 0.0811. The molecule has 0 spiro atoms. The molecule has 150 valence electrons. The van der Waals surface area contributed by atoms with Gasteiger partial charge in [0, 0.05) is 19.6 Å². The maximum Gasteiger partial charge on any atom is 0.317 e. The number of nitrogens with one attached hydrogen (secondary N) is 1. The zero-order valence-electron chi connectivity index (χ0n) is 16.4. The van der Waals surface area contributed by atoms with Gasteiger partial charge in [0.1, 0.15) is 0 Å². The number of methoxy groups -OCH3 is 2. The highest BCUT2D eigenvalue weighted by Gasteiger charge is 2.28. The molecule has 1 atom stereocenters. The number of hydrogen-bond donors (Lipinski definition) is 2. The number of aliphatic hydroxyl groups excluding tert-OH is 1. The van der Waals surface area contributed by atoms with Gasteiger partial charge in [0.15, 0.2) is 11.5 Å². The first-order valence-corrected chi connectivity index (χ1v) is 9.59. The zero-order valence-corrected chi connectivity index (χ0v) is 16.4. The Balaban J connectivity index is 1.49. The summed E-state index contributed by atoms with van der Waals surface area (Å²) in [5, 5.41) is 13.5. The van der Waals surface area contributed by atoms with Crippen molar-refractivity contribution in [2.24, 2.45) is 5.92 Å². The average Bonchev–Trinajstić information content (AvgIpc) is 2.77. The third kappa shape index (κ3) is 4.75. The Kier molecular flexibility index (Phi) is 6.76. The Hall–Kier alpha value is -2.73. The van der Waals surface area contributed by atoms with Crippen LogP contribution in [-0.2, 0) is 6.54 Å². The second kappa shape index (κ2) is 9.46. The van der Waals surface area contributed by atoms with Crippen molar-refractivity contribution in [3.05, 3.63) is 59.7 Å². The van der Waals surface area contributed by atoms with Crippen LogP contribution < -0.4 is 14.8 Å². The Morgan fingerprint density at radius 3 is 2.43 bits per heavy atom. The first-order valence-electron chi connectivity index (χ1n) is 9.59. The quantitative estimate of drug-likeness (QED) is 0.801. The fourth-order valence-electron chi connectivity index (χ4n) is 3.62. The van der Waals surface area contributed by atoms with E-state index in [1.165, 1.54) is 0 Å². The van der Waals surface area contributed by atoms with E-state index in [0.29, 0.717) is 31.1 Å². The molecule has 0 radical (unpaired) electrons. The highest BCUT2D eigenvalue weighted by molar-refractivity contribution is 5.74. The maximum absolute atomic E-state index is 12.5. The Bertz CT molecular complexity index is 773. The van der Waals surface area contributed by atoms with Gasteiger partial charge >= 0.3 is 6.03 Å². The van der Waals surface area contributed by atoms with Crippen molar-refractivity contribution in [2.75, 3.05) is 27.3 Å². The third-order valence-electron chi connectivity index (χ3n) is 5.31. The molecular weight excluding hydrogens is 356 g/mol. The topological polar surface area (TPSA) is 71.0 Å². The predicted molar refractivity (Wildman–Crippen MR) is 107 cm³/mol. The SMILES string of the molecule is COc1ccc(CNC(=O)N2CCC(C(O)c3ccccc3)CC2)cc1OC. The van der Waals surface area contributed by atoms with Crippen LogP contribution in [-0.4, -0.2) is 43.3 Å². The normalized spacial score (nSPS) is 15.8. The molecule has 1 unspecified atom stereocenters. The van der Waals surface area contributed by atoms with Gasteiger partial charge in [-0.3, -0.25) is 0 Å². The van der Waals surface area contributed by atoms with E-state index < -0.39 is 6.10 Å². The molecule has 0 saturated carbocycles. The van der Waals surface area contributed by atoms with Crippen molar-refractivity contribution in [1.29, 1.82) is 0 Å². The van der Waals surface area contributed by atoms with Gasteiger partial charge in [-0.25, -0.2) is 4.79 Å². The number of carbonyl (C=O) groups excluding carboxylic acids is 1. The van der Waals surface area contributed by atoms with Gasteiger partial charge in [-0.1, -0.05) is 36.4 Å². The molecule has 2 aromatic rings. The van der Waals surface area contributed by atoms with E-state index in [1.807, 2.05) is 53.4 Å². The molecule has 0 bridgehead atoms. The number of nitrogens with zero attached hydrogens (tertiary/aromatic N) is 1. The summed E-state index contributed by atoms with van der Waals surface area (Å²) in [5.74, 6) is 1.49. The number of ether oxygens (including phenoxy) is 2. The molecule has 2 N–H and O–H groups in total. The first-order chi connectivity index (χ1) is 13.6. The van der Waals surface area contributed by atoms with Crippen LogP contribution in [0, 0.1) is 5.92 Å². The number of aliphatic hydroxyl groups is 1. The van der Waals surface area contributed by atoms with Gasteiger partial charge in [0.25, 0.3) is 0 Å². The summed E-state index contributed by atoms with van der Waals surface area (Å²) < 4.78 is 10.5. The van der Waals surface area contributed by atoms with E-state index in [0.717, 1.165) is 24.0 Å². The lowest BCUT2D eigenvalue weighted by Crippen LogP contribution is -2.44. The van der Waals surface area contributed by atoms with E-state index in [9.17, 15) is 9.90 Å². The van der Waals surface area contributed by atoms with Crippen molar-refractivity contribution in [3.63, 3.8) is 0 Å². The summed E-state index contributed by atoms with van der Waals surface area (Å²) in [6, 6.07) is 15.2. The summed E-state index contributed by atoms with van der Waals surface area (Å²) in [5.41, 5.74) is 1.89. The largest absolute Gasteiger partial charge is 0.493 e. The van der Waals surface area contributed by atoms with Gasteiger partial charge in [0.05, 0.1) is 20.3 Å². The number of amides is 2. The van der Waals surface area contributed by atoms with Crippen LogP contribution in [0.25, 0.3) is 0 Å². The fraction of sp³-hybridized carbons (Fsp3) is 0.409. The van der Waals surface area contributed by atoms with E-state index in [-0.39, 0.29) is 11.9 Å². The number of hydrogen-bond acceptors (Lipinski definition) is 4. The lowest BCUT2D eigenvalue weighted by atomic mass is 9.87. The van der Waals surface area contributed by atoms with Crippen LogP contribution in [0.3, 0.4) is 0 Å².